The molecule has 164 valence electrons. The molecule has 0 radical (unpaired) electrons. The van der Waals surface area contributed by atoms with Crippen LogP contribution in [0.2, 0.25) is 0 Å². The van der Waals surface area contributed by atoms with Gasteiger partial charge in [0, 0.05) is 5.69 Å². The summed E-state index contributed by atoms with van der Waals surface area (Å²) in [6.07, 6.45) is 0. The number of amides is 1. The number of hydrogen-bond donors (Lipinski definition) is 1. The summed E-state index contributed by atoms with van der Waals surface area (Å²) >= 11 is 0. The zero-order valence-corrected chi connectivity index (χ0v) is 18.7. The van der Waals surface area contributed by atoms with Crippen molar-refractivity contribution in [1.82, 2.24) is 15.0 Å². The molecule has 4 aromatic rings. The Morgan fingerprint density at radius 2 is 1.53 bits per heavy atom. The molecule has 0 bridgehead atoms. The highest BCUT2D eigenvalue weighted by molar-refractivity contribution is 5.95. The Kier molecular flexibility index (Phi) is 6.07. The van der Waals surface area contributed by atoms with Crippen LogP contribution in [0.4, 0.5) is 5.69 Å². The standard InChI is InChI=1S/C25H26N4O3/c1-5-31-20-10-7-19(8-11-20)29-27-23-13-18(4)22(14-24(23)28-29)26-25(30)15-32-21-9-6-16(2)17(3)12-21/h6-14H,5,15H2,1-4H3,(H,26,30). The highest BCUT2D eigenvalue weighted by atomic mass is 16.5. The van der Waals surface area contributed by atoms with Crippen molar-refractivity contribution in [2.45, 2.75) is 27.7 Å². The van der Waals surface area contributed by atoms with Gasteiger partial charge in [0.15, 0.2) is 6.61 Å². The Hall–Kier alpha value is -3.87. The van der Waals surface area contributed by atoms with E-state index in [0.717, 1.165) is 28.1 Å². The number of hydrogen-bond acceptors (Lipinski definition) is 5. The van der Waals surface area contributed by atoms with E-state index in [4.69, 9.17) is 9.47 Å². The van der Waals surface area contributed by atoms with Crippen LogP contribution in [0.25, 0.3) is 16.7 Å². The fourth-order valence-corrected chi connectivity index (χ4v) is 3.30. The third-order valence-corrected chi connectivity index (χ3v) is 5.23. The highest BCUT2D eigenvalue weighted by Gasteiger charge is 2.11. The van der Waals surface area contributed by atoms with Crippen molar-refractivity contribution >= 4 is 22.6 Å². The molecule has 7 heteroatoms. The van der Waals surface area contributed by atoms with Crippen molar-refractivity contribution < 1.29 is 14.3 Å². The number of aromatic nitrogens is 3. The van der Waals surface area contributed by atoms with Gasteiger partial charge in [-0.1, -0.05) is 6.07 Å². The number of aryl methyl sites for hydroxylation is 3. The van der Waals surface area contributed by atoms with Crippen molar-refractivity contribution in [1.29, 1.82) is 0 Å². The van der Waals surface area contributed by atoms with Gasteiger partial charge in [0.05, 0.1) is 12.3 Å². The summed E-state index contributed by atoms with van der Waals surface area (Å²) in [5, 5.41) is 12.0. The SMILES string of the molecule is CCOc1ccc(-n2nc3cc(C)c(NC(=O)COc4ccc(C)c(C)c4)cc3n2)cc1. The second-order valence-corrected chi connectivity index (χ2v) is 7.66. The van der Waals surface area contributed by atoms with E-state index in [-0.39, 0.29) is 12.5 Å². The lowest BCUT2D eigenvalue weighted by Crippen LogP contribution is -2.20. The molecule has 0 fully saturated rings. The molecular weight excluding hydrogens is 404 g/mol. The number of fused-ring (bicyclic) bond motifs is 1. The first kappa shape index (κ1) is 21.4. The van der Waals surface area contributed by atoms with Crippen LogP contribution in [0.5, 0.6) is 11.5 Å². The predicted molar refractivity (Wildman–Crippen MR) is 125 cm³/mol. The number of carbonyl (C=O) groups is 1. The number of anilines is 1. The maximum absolute atomic E-state index is 12.4. The van der Waals surface area contributed by atoms with Crippen molar-refractivity contribution in [2.24, 2.45) is 0 Å². The van der Waals surface area contributed by atoms with E-state index < -0.39 is 0 Å². The van der Waals surface area contributed by atoms with Gasteiger partial charge in [-0.2, -0.15) is 4.80 Å². The summed E-state index contributed by atoms with van der Waals surface area (Å²) in [5.41, 5.74) is 6.16. The highest BCUT2D eigenvalue weighted by Crippen LogP contribution is 2.23. The molecule has 0 aliphatic carbocycles. The number of nitrogens with zero attached hydrogens (tertiary/aromatic N) is 3. The van der Waals surface area contributed by atoms with E-state index >= 15 is 0 Å². The molecule has 0 unspecified atom stereocenters. The number of nitrogens with one attached hydrogen (secondary N) is 1. The van der Waals surface area contributed by atoms with Gasteiger partial charge in [0.25, 0.3) is 5.91 Å². The van der Waals surface area contributed by atoms with Crippen molar-refractivity contribution in [3.05, 3.63) is 71.3 Å². The molecule has 32 heavy (non-hydrogen) atoms. The Morgan fingerprint density at radius 1 is 0.844 bits per heavy atom. The first-order valence-corrected chi connectivity index (χ1v) is 10.5. The molecule has 1 aromatic heterocycles. The molecule has 1 amide bonds. The number of benzene rings is 3. The molecule has 1 N–H and O–H groups in total. The van der Waals surface area contributed by atoms with Gasteiger partial charge in [0.2, 0.25) is 0 Å². The summed E-state index contributed by atoms with van der Waals surface area (Å²) in [5.74, 6) is 1.25. The number of carbonyl (C=O) groups excluding carboxylic acids is 1. The third-order valence-electron chi connectivity index (χ3n) is 5.23. The molecule has 1 heterocycles. The topological polar surface area (TPSA) is 78.3 Å². The molecule has 0 saturated heterocycles. The number of rotatable bonds is 7. The minimum Gasteiger partial charge on any atom is -0.494 e. The maximum Gasteiger partial charge on any atom is 0.262 e. The zero-order chi connectivity index (χ0) is 22.7. The summed E-state index contributed by atoms with van der Waals surface area (Å²) in [7, 11) is 0. The van der Waals surface area contributed by atoms with E-state index in [2.05, 4.69) is 15.5 Å². The molecule has 0 spiro atoms. The lowest BCUT2D eigenvalue weighted by Gasteiger charge is -2.10. The fourth-order valence-electron chi connectivity index (χ4n) is 3.30. The lowest BCUT2D eigenvalue weighted by molar-refractivity contribution is -0.118. The van der Waals surface area contributed by atoms with Crippen LogP contribution < -0.4 is 14.8 Å². The Morgan fingerprint density at radius 3 is 2.22 bits per heavy atom. The average molecular weight is 431 g/mol. The van der Waals surface area contributed by atoms with Crippen LogP contribution in [-0.2, 0) is 4.79 Å². The Balaban J connectivity index is 1.47. The quantitative estimate of drug-likeness (QED) is 0.457. The maximum atomic E-state index is 12.4. The monoisotopic (exact) mass is 430 g/mol. The van der Waals surface area contributed by atoms with Gasteiger partial charge in [-0.05, 0) is 92.9 Å². The van der Waals surface area contributed by atoms with E-state index in [1.807, 2.05) is 82.3 Å². The Bertz CT molecular complexity index is 1260. The molecule has 3 aromatic carbocycles. The van der Waals surface area contributed by atoms with Gasteiger partial charge in [-0.3, -0.25) is 4.79 Å². The van der Waals surface area contributed by atoms with Crippen molar-refractivity contribution in [3.63, 3.8) is 0 Å². The van der Waals surface area contributed by atoms with E-state index in [0.29, 0.717) is 23.6 Å². The molecule has 0 aliphatic rings. The van der Waals surface area contributed by atoms with Crippen LogP contribution in [0, 0.1) is 20.8 Å². The smallest absolute Gasteiger partial charge is 0.262 e. The van der Waals surface area contributed by atoms with Crippen LogP contribution in [-0.4, -0.2) is 34.1 Å². The summed E-state index contributed by atoms with van der Waals surface area (Å²) in [6.45, 7) is 8.48. The average Bonchev–Trinajstić information content (AvgIpc) is 3.18. The molecule has 0 saturated carbocycles. The summed E-state index contributed by atoms with van der Waals surface area (Å²) in [4.78, 5) is 14.0. The molecule has 0 atom stereocenters. The molecule has 0 aliphatic heterocycles. The third kappa shape index (κ3) is 4.72. The van der Waals surface area contributed by atoms with Gasteiger partial charge in [-0.15, -0.1) is 10.2 Å². The lowest BCUT2D eigenvalue weighted by atomic mass is 10.1. The molecule has 7 nitrogen and oxygen atoms in total. The van der Waals surface area contributed by atoms with Gasteiger partial charge in [-0.25, -0.2) is 0 Å². The minimum absolute atomic E-state index is 0.0706. The van der Waals surface area contributed by atoms with Crippen molar-refractivity contribution in [3.8, 4) is 17.2 Å². The Labute approximate surface area is 187 Å². The second kappa shape index (κ2) is 9.09. The first-order valence-electron chi connectivity index (χ1n) is 10.5. The summed E-state index contributed by atoms with van der Waals surface area (Å²) in [6, 6.07) is 17.1. The van der Waals surface area contributed by atoms with E-state index in [1.165, 1.54) is 5.56 Å². The van der Waals surface area contributed by atoms with Crippen LogP contribution in [0.3, 0.4) is 0 Å². The zero-order valence-electron chi connectivity index (χ0n) is 18.7. The van der Waals surface area contributed by atoms with Gasteiger partial charge in [0.1, 0.15) is 22.5 Å². The molecular formula is C25H26N4O3. The van der Waals surface area contributed by atoms with Crippen LogP contribution in [0.15, 0.2) is 54.6 Å². The van der Waals surface area contributed by atoms with E-state index in [9.17, 15) is 4.79 Å². The van der Waals surface area contributed by atoms with Gasteiger partial charge < -0.3 is 14.8 Å². The minimum atomic E-state index is -0.232. The van der Waals surface area contributed by atoms with Crippen molar-refractivity contribution in [2.75, 3.05) is 18.5 Å². The normalized spacial score (nSPS) is 10.9. The van der Waals surface area contributed by atoms with Crippen LogP contribution in [0.1, 0.15) is 23.6 Å². The fraction of sp³-hybridized carbons (Fsp3) is 0.240. The van der Waals surface area contributed by atoms with E-state index in [1.54, 1.807) is 4.80 Å². The molecule has 4 rings (SSSR count). The van der Waals surface area contributed by atoms with Gasteiger partial charge >= 0.3 is 0 Å². The largest absolute Gasteiger partial charge is 0.494 e. The summed E-state index contributed by atoms with van der Waals surface area (Å²) < 4.78 is 11.1. The predicted octanol–water partition coefficient (Wildman–Crippen LogP) is 4.76. The van der Waals surface area contributed by atoms with Crippen LogP contribution >= 0.6 is 0 Å². The first-order chi connectivity index (χ1) is 15.4. The second-order valence-electron chi connectivity index (χ2n) is 7.66. The number of ether oxygens (including phenoxy) is 2.